The van der Waals surface area contributed by atoms with Gasteiger partial charge in [0.05, 0.1) is 12.3 Å². The van der Waals surface area contributed by atoms with Crippen molar-refractivity contribution in [2.75, 3.05) is 5.32 Å². The molecule has 0 fully saturated rings. The number of rotatable bonds is 5. The molecule has 0 spiro atoms. The summed E-state index contributed by atoms with van der Waals surface area (Å²) in [5, 5.41) is 14.8. The molecule has 118 valence electrons. The number of halogens is 1. The third-order valence-electron chi connectivity index (χ3n) is 2.99. The van der Waals surface area contributed by atoms with Gasteiger partial charge in [-0.15, -0.1) is 11.3 Å². The molecule has 0 saturated carbocycles. The Bertz CT molecular complexity index is 823. The Morgan fingerprint density at radius 2 is 2.17 bits per heavy atom. The van der Waals surface area contributed by atoms with Crippen molar-refractivity contribution in [2.45, 2.75) is 13.5 Å². The highest BCUT2D eigenvalue weighted by atomic mass is 32.1. The molecule has 0 atom stereocenters. The Morgan fingerprint density at radius 3 is 2.91 bits per heavy atom. The van der Waals surface area contributed by atoms with Crippen LogP contribution in [0.5, 0.6) is 11.5 Å². The lowest BCUT2D eigenvalue weighted by atomic mass is 10.2. The molecular formula is C16H14FN3O2S. The van der Waals surface area contributed by atoms with Crippen LogP contribution in [0.3, 0.4) is 0 Å². The summed E-state index contributed by atoms with van der Waals surface area (Å²) in [5.74, 6) is 0.545. The minimum Gasteiger partial charge on any atom is -0.454 e. The van der Waals surface area contributed by atoms with E-state index in [1.165, 1.54) is 29.5 Å². The highest BCUT2D eigenvalue weighted by molar-refractivity contribution is 7.13. The highest BCUT2D eigenvalue weighted by Crippen LogP contribution is 2.28. The summed E-state index contributed by atoms with van der Waals surface area (Å²) >= 11 is 1.47. The number of hydrogen-bond acceptors (Lipinski definition) is 6. The standard InChI is InChI=1S/C16H14FN3O2S/c1-10-9-23-16(19-10)20-15-7-12(4-5-18-15)22-14-6-11(8-21)2-3-13(14)17/h2-7,9,21H,8H2,1H3,(H,18,19,20). The smallest absolute Gasteiger partial charge is 0.188 e. The lowest BCUT2D eigenvalue weighted by Crippen LogP contribution is -1.95. The van der Waals surface area contributed by atoms with E-state index in [1.807, 2.05) is 12.3 Å². The van der Waals surface area contributed by atoms with Gasteiger partial charge in [-0.25, -0.2) is 14.4 Å². The molecule has 23 heavy (non-hydrogen) atoms. The van der Waals surface area contributed by atoms with Gasteiger partial charge in [-0.05, 0) is 30.7 Å². The Labute approximate surface area is 136 Å². The molecule has 0 saturated heterocycles. The van der Waals surface area contributed by atoms with Crippen molar-refractivity contribution in [2.24, 2.45) is 0 Å². The fraction of sp³-hybridized carbons (Fsp3) is 0.125. The number of benzene rings is 1. The molecule has 0 unspecified atom stereocenters. The van der Waals surface area contributed by atoms with Crippen LogP contribution in [0.4, 0.5) is 15.3 Å². The van der Waals surface area contributed by atoms with Crippen molar-refractivity contribution in [1.82, 2.24) is 9.97 Å². The van der Waals surface area contributed by atoms with Gasteiger partial charge in [0.25, 0.3) is 0 Å². The fourth-order valence-corrected chi connectivity index (χ4v) is 2.61. The van der Waals surface area contributed by atoms with E-state index in [-0.39, 0.29) is 12.4 Å². The molecule has 0 aliphatic carbocycles. The SMILES string of the molecule is Cc1csc(Nc2cc(Oc3cc(CO)ccc3F)ccn2)n1. The van der Waals surface area contributed by atoms with Crippen LogP contribution < -0.4 is 10.1 Å². The number of nitrogens with one attached hydrogen (secondary N) is 1. The third-order valence-corrected chi connectivity index (χ3v) is 3.87. The van der Waals surface area contributed by atoms with E-state index < -0.39 is 5.82 Å². The number of thiazole rings is 1. The van der Waals surface area contributed by atoms with Gasteiger partial charge >= 0.3 is 0 Å². The molecular weight excluding hydrogens is 317 g/mol. The Kier molecular flexibility index (Phi) is 4.50. The maximum absolute atomic E-state index is 13.8. The van der Waals surface area contributed by atoms with Crippen LogP contribution in [0.15, 0.2) is 41.9 Å². The predicted octanol–water partition coefficient (Wildman–Crippen LogP) is 4.01. The number of anilines is 2. The van der Waals surface area contributed by atoms with Crippen LogP contribution in [-0.4, -0.2) is 15.1 Å². The zero-order valence-electron chi connectivity index (χ0n) is 12.3. The molecule has 3 rings (SSSR count). The average Bonchev–Trinajstić information content (AvgIpc) is 2.95. The number of aliphatic hydroxyl groups is 1. The first-order valence-electron chi connectivity index (χ1n) is 6.86. The molecule has 0 radical (unpaired) electrons. The van der Waals surface area contributed by atoms with E-state index in [9.17, 15) is 4.39 Å². The summed E-state index contributed by atoms with van der Waals surface area (Å²) in [6, 6.07) is 7.52. The van der Waals surface area contributed by atoms with Crippen LogP contribution in [0, 0.1) is 12.7 Å². The van der Waals surface area contributed by atoms with Crippen molar-refractivity contribution >= 4 is 22.3 Å². The number of hydrogen-bond donors (Lipinski definition) is 2. The van der Waals surface area contributed by atoms with Crippen molar-refractivity contribution < 1.29 is 14.2 Å². The molecule has 7 heteroatoms. The second-order valence-electron chi connectivity index (χ2n) is 4.82. The van der Waals surface area contributed by atoms with E-state index >= 15 is 0 Å². The molecule has 0 amide bonds. The molecule has 0 aliphatic rings. The molecule has 1 aromatic carbocycles. The van der Waals surface area contributed by atoms with Crippen molar-refractivity contribution in [1.29, 1.82) is 0 Å². The number of ether oxygens (including phenoxy) is 1. The highest BCUT2D eigenvalue weighted by Gasteiger charge is 2.08. The second kappa shape index (κ2) is 6.72. The van der Waals surface area contributed by atoms with Crippen molar-refractivity contribution in [3.63, 3.8) is 0 Å². The number of aromatic nitrogens is 2. The van der Waals surface area contributed by atoms with Crippen molar-refractivity contribution in [3.8, 4) is 11.5 Å². The summed E-state index contributed by atoms with van der Waals surface area (Å²) in [6.45, 7) is 1.73. The largest absolute Gasteiger partial charge is 0.454 e. The summed E-state index contributed by atoms with van der Waals surface area (Å²) in [5.41, 5.74) is 1.50. The minimum absolute atomic E-state index is 0.0544. The zero-order chi connectivity index (χ0) is 16.2. The molecule has 5 nitrogen and oxygen atoms in total. The normalized spacial score (nSPS) is 10.6. The van der Waals surface area contributed by atoms with Crippen LogP contribution in [0.2, 0.25) is 0 Å². The van der Waals surface area contributed by atoms with E-state index in [0.717, 1.165) is 10.8 Å². The lowest BCUT2D eigenvalue weighted by Gasteiger charge is -2.09. The van der Waals surface area contributed by atoms with Gasteiger partial charge in [-0.3, -0.25) is 0 Å². The lowest BCUT2D eigenvalue weighted by molar-refractivity contribution is 0.281. The molecule has 0 bridgehead atoms. The van der Waals surface area contributed by atoms with Gasteiger partial charge < -0.3 is 15.2 Å². The van der Waals surface area contributed by atoms with Crippen LogP contribution >= 0.6 is 11.3 Å². The first-order chi connectivity index (χ1) is 11.1. The van der Waals surface area contributed by atoms with Crippen LogP contribution in [0.25, 0.3) is 0 Å². The number of aryl methyl sites for hydroxylation is 1. The van der Waals surface area contributed by atoms with E-state index in [2.05, 4.69) is 15.3 Å². The summed E-state index contributed by atoms with van der Waals surface area (Å²) < 4.78 is 19.3. The summed E-state index contributed by atoms with van der Waals surface area (Å²) in [4.78, 5) is 8.48. The van der Waals surface area contributed by atoms with Gasteiger partial charge in [0.1, 0.15) is 11.6 Å². The van der Waals surface area contributed by atoms with E-state index in [0.29, 0.717) is 17.1 Å². The number of pyridine rings is 1. The fourth-order valence-electron chi connectivity index (χ4n) is 1.92. The molecule has 2 aromatic heterocycles. The summed E-state index contributed by atoms with van der Waals surface area (Å²) in [6.07, 6.45) is 1.56. The monoisotopic (exact) mass is 331 g/mol. The third kappa shape index (κ3) is 3.82. The van der Waals surface area contributed by atoms with Crippen molar-refractivity contribution in [3.05, 3.63) is 59.0 Å². The Balaban J connectivity index is 1.80. The zero-order valence-corrected chi connectivity index (χ0v) is 13.1. The topological polar surface area (TPSA) is 67.3 Å². The molecule has 2 heterocycles. The quantitative estimate of drug-likeness (QED) is 0.739. The van der Waals surface area contributed by atoms with Gasteiger partial charge in [0.2, 0.25) is 0 Å². The van der Waals surface area contributed by atoms with Crippen LogP contribution in [0.1, 0.15) is 11.3 Å². The maximum Gasteiger partial charge on any atom is 0.188 e. The Hall–Kier alpha value is -2.51. The van der Waals surface area contributed by atoms with Crippen LogP contribution in [-0.2, 0) is 6.61 Å². The summed E-state index contributed by atoms with van der Waals surface area (Å²) in [7, 11) is 0. The number of aliphatic hydroxyl groups excluding tert-OH is 1. The maximum atomic E-state index is 13.8. The Morgan fingerprint density at radius 1 is 1.30 bits per heavy atom. The van der Waals surface area contributed by atoms with Gasteiger partial charge in [-0.2, -0.15) is 0 Å². The average molecular weight is 331 g/mol. The molecule has 2 N–H and O–H groups in total. The van der Waals surface area contributed by atoms with Gasteiger partial charge in [0.15, 0.2) is 16.7 Å². The minimum atomic E-state index is -0.496. The van der Waals surface area contributed by atoms with Gasteiger partial charge in [-0.1, -0.05) is 6.07 Å². The van der Waals surface area contributed by atoms with E-state index in [4.69, 9.17) is 9.84 Å². The number of nitrogens with zero attached hydrogens (tertiary/aromatic N) is 2. The predicted molar refractivity (Wildman–Crippen MR) is 86.8 cm³/mol. The first kappa shape index (κ1) is 15.4. The van der Waals surface area contributed by atoms with E-state index in [1.54, 1.807) is 18.3 Å². The first-order valence-corrected chi connectivity index (χ1v) is 7.74. The van der Waals surface area contributed by atoms with Gasteiger partial charge in [0, 0.05) is 17.6 Å². The second-order valence-corrected chi connectivity index (χ2v) is 5.68. The molecule has 0 aliphatic heterocycles. The molecule has 3 aromatic rings.